The van der Waals surface area contributed by atoms with Gasteiger partial charge in [-0.3, -0.25) is 0 Å². The van der Waals surface area contributed by atoms with Crippen LogP contribution < -0.4 is 4.74 Å². The van der Waals surface area contributed by atoms with E-state index in [1.165, 1.54) is 30.7 Å². The summed E-state index contributed by atoms with van der Waals surface area (Å²) < 4.78 is 5.08. The quantitative estimate of drug-likeness (QED) is 0.902. The van der Waals surface area contributed by atoms with E-state index in [0.29, 0.717) is 6.54 Å². The summed E-state index contributed by atoms with van der Waals surface area (Å²) in [5, 5.41) is 9.16. The molecule has 6 nitrogen and oxygen atoms in total. The van der Waals surface area contributed by atoms with Crippen LogP contribution in [0.1, 0.15) is 19.4 Å². The highest BCUT2D eigenvalue weighted by Crippen LogP contribution is 2.17. The van der Waals surface area contributed by atoms with Crippen LogP contribution in [0, 0.1) is 0 Å². The SMILES string of the molecule is COc1ccc(CN(C)C(=O)N(C)C(C)(C)C(=O)O)cc1. The Kier molecular flexibility index (Phi) is 5.18. The van der Waals surface area contributed by atoms with E-state index in [1.807, 2.05) is 24.3 Å². The maximum atomic E-state index is 12.3. The van der Waals surface area contributed by atoms with Crippen molar-refractivity contribution in [3.05, 3.63) is 29.8 Å². The van der Waals surface area contributed by atoms with Crippen LogP contribution in [0.4, 0.5) is 4.79 Å². The van der Waals surface area contributed by atoms with E-state index in [-0.39, 0.29) is 6.03 Å². The first-order chi connectivity index (χ1) is 9.70. The molecule has 0 aliphatic heterocycles. The minimum Gasteiger partial charge on any atom is -0.497 e. The molecule has 2 amide bonds. The van der Waals surface area contributed by atoms with E-state index in [4.69, 9.17) is 9.84 Å². The van der Waals surface area contributed by atoms with Gasteiger partial charge in [0.05, 0.1) is 7.11 Å². The molecule has 0 spiro atoms. The number of urea groups is 1. The van der Waals surface area contributed by atoms with Gasteiger partial charge in [-0.1, -0.05) is 12.1 Å². The molecule has 0 bridgehead atoms. The number of ether oxygens (including phenoxy) is 1. The molecule has 0 saturated carbocycles. The number of methoxy groups -OCH3 is 1. The zero-order chi connectivity index (χ0) is 16.2. The standard InChI is InChI=1S/C15H22N2O4/c1-15(2,13(18)19)17(4)14(20)16(3)10-11-6-8-12(21-5)9-7-11/h6-9H,10H2,1-5H3,(H,18,19). The van der Waals surface area contributed by atoms with Crippen LogP contribution >= 0.6 is 0 Å². The van der Waals surface area contributed by atoms with Gasteiger partial charge < -0.3 is 19.6 Å². The first-order valence-electron chi connectivity index (χ1n) is 6.55. The van der Waals surface area contributed by atoms with Crippen LogP contribution in [-0.4, -0.2) is 53.7 Å². The normalized spacial score (nSPS) is 10.9. The zero-order valence-corrected chi connectivity index (χ0v) is 13.1. The summed E-state index contributed by atoms with van der Waals surface area (Å²) in [6.07, 6.45) is 0. The molecule has 6 heteroatoms. The number of rotatable bonds is 5. The number of aliphatic carboxylic acids is 1. The number of nitrogens with zero attached hydrogens (tertiary/aromatic N) is 2. The molecule has 0 aliphatic carbocycles. The molecule has 1 rings (SSSR count). The summed E-state index contributed by atoms with van der Waals surface area (Å²) >= 11 is 0. The molecule has 0 aliphatic rings. The Morgan fingerprint density at radius 3 is 2.14 bits per heavy atom. The van der Waals surface area contributed by atoms with Gasteiger partial charge in [-0.15, -0.1) is 0 Å². The lowest BCUT2D eigenvalue weighted by Gasteiger charge is -2.34. The number of carboxylic acids is 1. The number of carboxylic acid groups (broad SMARTS) is 1. The van der Waals surface area contributed by atoms with Crippen LogP contribution in [-0.2, 0) is 11.3 Å². The number of amides is 2. The highest BCUT2D eigenvalue weighted by Gasteiger charge is 2.36. The monoisotopic (exact) mass is 294 g/mol. The smallest absolute Gasteiger partial charge is 0.329 e. The van der Waals surface area contributed by atoms with Crippen LogP contribution in [0.25, 0.3) is 0 Å². The summed E-state index contributed by atoms with van der Waals surface area (Å²) in [5.41, 5.74) is -0.321. The van der Waals surface area contributed by atoms with Gasteiger partial charge in [0.1, 0.15) is 11.3 Å². The molecule has 0 atom stereocenters. The van der Waals surface area contributed by atoms with Gasteiger partial charge in [0.2, 0.25) is 0 Å². The zero-order valence-electron chi connectivity index (χ0n) is 13.1. The lowest BCUT2D eigenvalue weighted by molar-refractivity contribution is -0.147. The van der Waals surface area contributed by atoms with Gasteiger partial charge >= 0.3 is 12.0 Å². The molecule has 0 unspecified atom stereocenters. The van der Waals surface area contributed by atoms with E-state index in [1.54, 1.807) is 14.2 Å². The summed E-state index contributed by atoms with van der Waals surface area (Å²) in [5.74, 6) is -0.298. The second-order valence-electron chi connectivity index (χ2n) is 5.41. The fourth-order valence-corrected chi connectivity index (χ4v) is 1.71. The highest BCUT2D eigenvalue weighted by molar-refractivity contribution is 5.85. The minimum atomic E-state index is -1.26. The summed E-state index contributed by atoms with van der Waals surface area (Å²) in [6, 6.07) is 7.02. The van der Waals surface area contributed by atoms with Gasteiger partial charge in [-0.25, -0.2) is 9.59 Å². The molecule has 21 heavy (non-hydrogen) atoms. The minimum absolute atomic E-state index is 0.349. The van der Waals surface area contributed by atoms with E-state index >= 15 is 0 Å². The van der Waals surface area contributed by atoms with Crippen molar-refractivity contribution in [1.82, 2.24) is 9.80 Å². The number of hydrogen-bond donors (Lipinski definition) is 1. The lowest BCUT2D eigenvalue weighted by Crippen LogP contribution is -2.54. The van der Waals surface area contributed by atoms with Gasteiger partial charge in [0.15, 0.2) is 0 Å². The molecule has 1 N–H and O–H groups in total. The number of likely N-dealkylation sites (N-methyl/N-ethyl adjacent to an activating group) is 1. The van der Waals surface area contributed by atoms with Crippen LogP contribution in [0.5, 0.6) is 5.75 Å². The highest BCUT2D eigenvalue weighted by atomic mass is 16.5. The van der Waals surface area contributed by atoms with E-state index in [9.17, 15) is 9.59 Å². The Morgan fingerprint density at radius 1 is 1.19 bits per heavy atom. The predicted octanol–water partition coefficient (Wildman–Crippen LogP) is 2.04. The van der Waals surface area contributed by atoms with Crippen molar-refractivity contribution in [3.8, 4) is 5.75 Å². The van der Waals surface area contributed by atoms with Crippen molar-refractivity contribution in [2.45, 2.75) is 25.9 Å². The number of carbonyl (C=O) groups is 2. The maximum absolute atomic E-state index is 12.3. The molecule has 1 aromatic carbocycles. The summed E-state index contributed by atoms with van der Waals surface area (Å²) in [4.78, 5) is 26.2. The first kappa shape index (κ1) is 16.8. The number of carbonyl (C=O) groups excluding carboxylic acids is 1. The Hall–Kier alpha value is -2.24. The third-order valence-electron chi connectivity index (χ3n) is 3.55. The second-order valence-corrected chi connectivity index (χ2v) is 5.41. The Bertz CT molecular complexity index is 511. The van der Waals surface area contributed by atoms with Crippen molar-refractivity contribution in [1.29, 1.82) is 0 Å². The third kappa shape index (κ3) is 3.87. The second kappa shape index (κ2) is 6.47. The topological polar surface area (TPSA) is 70.1 Å². The molecule has 0 heterocycles. The fraction of sp³-hybridized carbons (Fsp3) is 0.467. The summed E-state index contributed by atoms with van der Waals surface area (Å²) in [7, 11) is 4.72. The molecule has 1 aromatic rings. The molecule has 116 valence electrons. The Morgan fingerprint density at radius 2 is 1.71 bits per heavy atom. The molecule has 0 radical (unpaired) electrons. The third-order valence-corrected chi connectivity index (χ3v) is 3.55. The van der Waals surface area contributed by atoms with Crippen molar-refractivity contribution in [2.24, 2.45) is 0 Å². The van der Waals surface area contributed by atoms with Gasteiger partial charge in [0, 0.05) is 20.6 Å². The average Bonchev–Trinajstić information content (AvgIpc) is 2.46. The fourth-order valence-electron chi connectivity index (χ4n) is 1.71. The van der Waals surface area contributed by atoms with Crippen molar-refractivity contribution < 1.29 is 19.4 Å². The Labute approximate surface area is 124 Å². The van der Waals surface area contributed by atoms with Gasteiger partial charge in [-0.05, 0) is 31.5 Å². The Balaban J connectivity index is 2.76. The van der Waals surface area contributed by atoms with Crippen molar-refractivity contribution in [2.75, 3.05) is 21.2 Å². The van der Waals surface area contributed by atoms with E-state index in [2.05, 4.69) is 0 Å². The van der Waals surface area contributed by atoms with Crippen LogP contribution in [0.2, 0.25) is 0 Å². The lowest BCUT2D eigenvalue weighted by atomic mass is 10.0. The molecular weight excluding hydrogens is 272 g/mol. The maximum Gasteiger partial charge on any atom is 0.329 e. The first-order valence-corrected chi connectivity index (χ1v) is 6.55. The number of benzene rings is 1. The molecule has 0 fully saturated rings. The van der Waals surface area contributed by atoms with Gasteiger partial charge in [-0.2, -0.15) is 0 Å². The van der Waals surface area contributed by atoms with Crippen molar-refractivity contribution in [3.63, 3.8) is 0 Å². The van der Waals surface area contributed by atoms with Crippen molar-refractivity contribution >= 4 is 12.0 Å². The van der Waals surface area contributed by atoms with E-state index in [0.717, 1.165) is 11.3 Å². The number of hydrogen-bond acceptors (Lipinski definition) is 3. The largest absolute Gasteiger partial charge is 0.497 e. The molecule has 0 saturated heterocycles. The van der Waals surface area contributed by atoms with Gasteiger partial charge in [0.25, 0.3) is 0 Å². The molecule has 0 aromatic heterocycles. The van der Waals surface area contributed by atoms with Crippen LogP contribution in [0.15, 0.2) is 24.3 Å². The average molecular weight is 294 g/mol. The van der Waals surface area contributed by atoms with E-state index < -0.39 is 11.5 Å². The summed E-state index contributed by atoms with van der Waals surface area (Å²) in [6.45, 7) is 3.38. The predicted molar refractivity (Wildman–Crippen MR) is 79.3 cm³/mol. The molecular formula is C15H22N2O4. The van der Waals surface area contributed by atoms with Crippen LogP contribution in [0.3, 0.4) is 0 Å².